The molecule has 1 aromatic rings. The van der Waals surface area contributed by atoms with Crippen molar-refractivity contribution < 1.29 is 14.3 Å². The second kappa shape index (κ2) is 8.00. The lowest BCUT2D eigenvalue weighted by Crippen LogP contribution is -2.33. The summed E-state index contributed by atoms with van der Waals surface area (Å²) in [5.41, 5.74) is 3.23. The Morgan fingerprint density at radius 3 is 2.40 bits per heavy atom. The molecule has 1 aromatic carbocycles. The normalized spacial score (nSPS) is 24.8. The van der Waals surface area contributed by atoms with E-state index in [0.717, 1.165) is 49.1 Å². The van der Waals surface area contributed by atoms with Gasteiger partial charge in [-0.3, -0.25) is 9.59 Å². The predicted octanol–water partition coefficient (Wildman–Crippen LogP) is 2.68. The quantitative estimate of drug-likeness (QED) is 0.799. The second-order valence-corrected chi connectivity index (χ2v) is 6.98. The molecule has 1 saturated carbocycles. The molecule has 25 heavy (non-hydrogen) atoms. The van der Waals surface area contributed by atoms with Crippen LogP contribution in [-0.2, 0) is 27.2 Å². The Labute approximate surface area is 149 Å². The fourth-order valence-corrected chi connectivity index (χ4v) is 3.54. The third-order valence-electron chi connectivity index (χ3n) is 5.24. The summed E-state index contributed by atoms with van der Waals surface area (Å²) < 4.78 is 5.51. The summed E-state index contributed by atoms with van der Waals surface area (Å²) in [6, 6.07) is 6.13. The standard InChI is InChI=1S/C20H28N2O3/c1-3-13-7-5-8-14(4-2)18(13)22-20(24)17-11-16(17)19(23)21-12-15-9-6-10-25-15/h5,7-8,15-17H,3-4,6,9-12H2,1-2H3,(H,21,23)(H,22,24). The van der Waals surface area contributed by atoms with Crippen LogP contribution in [0.15, 0.2) is 18.2 Å². The Kier molecular flexibility index (Phi) is 5.74. The van der Waals surface area contributed by atoms with Crippen LogP contribution < -0.4 is 10.6 Å². The second-order valence-electron chi connectivity index (χ2n) is 6.98. The lowest BCUT2D eigenvalue weighted by atomic mass is 10.0. The van der Waals surface area contributed by atoms with Crippen molar-refractivity contribution in [1.29, 1.82) is 0 Å². The molecule has 2 amide bonds. The lowest BCUT2D eigenvalue weighted by Gasteiger charge is -2.14. The SMILES string of the molecule is CCc1cccc(CC)c1NC(=O)C1CC1C(=O)NCC1CCCO1. The van der Waals surface area contributed by atoms with Crippen molar-refractivity contribution >= 4 is 17.5 Å². The first-order chi connectivity index (χ1) is 12.1. The summed E-state index contributed by atoms with van der Waals surface area (Å²) >= 11 is 0. The number of rotatable bonds is 7. The molecule has 1 heterocycles. The molecule has 0 aromatic heterocycles. The Balaban J connectivity index is 1.54. The predicted molar refractivity (Wildman–Crippen MR) is 97.4 cm³/mol. The molecule has 1 saturated heterocycles. The summed E-state index contributed by atoms with van der Waals surface area (Å²) in [5, 5.41) is 6.02. The molecule has 136 valence electrons. The van der Waals surface area contributed by atoms with Crippen LogP contribution in [0.2, 0.25) is 0 Å². The van der Waals surface area contributed by atoms with Crippen LogP contribution in [0.25, 0.3) is 0 Å². The van der Waals surface area contributed by atoms with Crippen LogP contribution in [0, 0.1) is 11.8 Å². The van der Waals surface area contributed by atoms with Crippen LogP contribution in [-0.4, -0.2) is 31.1 Å². The maximum atomic E-state index is 12.6. The smallest absolute Gasteiger partial charge is 0.228 e. The zero-order chi connectivity index (χ0) is 17.8. The number of ether oxygens (including phenoxy) is 1. The molecule has 0 radical (unpaired) electrons. The fourth-order valence-electron chi connectivity index (χ4n) is 3.54. The monoisotopic (exact) mass is 344 g/mol. The van der Waals surface area contributed by atoms with Gasteiger partial charge in [-0.15, -0.1) is 0 Å². The minimum absolute atomic E-state index is 0.0184. The van der Waals surface area contributed by atoms with E-state index in [0.29, 0.717) is 13.0 Å². The van der Waals surface area contributed by atoms with Crippen molar-refractivity contribution in [3.8, 4) is 0 Å². The van der Waals surface area contributed by atoms with Crippen LogP contribution in [0.3, 0.4) is 0 Å². The van der Waals surface area contributed by atoms with E-state index in [9.17, 15) is 9.59 Å². The molecule has 5 heteroatoms. The molecule has 3 atom stereocenters. The lowest BCUT2D eigenvalue weighted by molar-refractivity contribution is -0.125. The van der Waals surface area contributed by atoms with Crippen molar-refractivity contribution in [2.75, 3.05) is 18.5 Å². The zero-order valence-corrected chi connectivity index (χ0v) is 15.1. The van der Waals surface area contributed by atoms with Crippen LogP contribution >= 0.6 is 0 Å². The van der Waals surface area contributed by atoms with E-state index in [1.807, 2.05) is 18.2 Å². The summed E-state index contributed by atoms with van der Waals surface area (Å²) in [7, 11) is 0. The molecule has 3 unspecified atom stereocenters. The average molecular weight is 344 g/mol. The number of aryl methyl sites for hydroxylation is 2. The Morgan fingerprint density at radius 1 is 1.12 bits per heavy atom. The molecule has 1 aliphatic heterocycles. The topological polar surface area (TPSA) is 67.4 Å². The van der Waals surface area contributed by atoms with Crippen LogP contribution in [0.1, 0.15) is 44.2 Å². The fraction of sp³-hybridized carbons (Fsp3) is 0.600. The van der Waals surface area contributed by atoms with E-state index in [4.69, 9.17) is 4.74 Å². The number of nitrogens with one attached hydrogen (secondary N) is 2. The van der Waals surface area contributed by atoms with Gasteiger partial charge in [0.15, 0.2) is 0 Å². The van der Waals surface area contributed by atoms with Crippen molar-refractivity contribution in [1.82, 2.24) is 5.32 Å². The molecule has 1 aliphatic carbocycles. The Hall–Kier alpha value is -1.88. The molecule has 3 rings (SSSR count). The maximum absolute atomic E-state index is 12.6. The first kappa shape index (κ1) is 17.9. The number of hydrogen-bond acceptors (Lipinski definition) is 3. The van der Waals surface area contributed by atoms with Crippen molar-refractivity contribution in [2.45, 2.75) is 52.1 Å². The van der Waals surface area contributed by atoms with Gasteiger partial charge < -0.3 is 15.4 Å². The average Bonchev–Trinajstić information content (AvgIpc) is 3.27. The van der Waals surface area contributed by atoms with Gasteiger partial charge in [0.2, 0.25) is 11.8 Å². The number of para-hydroxylation sites is 1. The van der Waals surface area contributed by atoms with Gasteiger partial charge in [0, 0.05) is 18.8 Å². The highest BCUT2D eigenvalue weighted by Gasteiger charge is 2.48. The van der Waals surface area contributed by atoms with Crippen molar-refractivity contribution in [3.63, 3.8) is 0 Å². The molecular weight excluding hydrogens is 316 g/mol. The minimum Gasteiger partial charge on any atom is -0.376 e. The highest BCUT2D eigenvalue weighted by atomic mass is 16.5. The minimum atomic E-state index is -0.209. The highest BCUT2D eigenvalue weighted by molar-refractivity contribution is 6.00. The van der Waals surface area contributed by atoms with Crippen LogP contribution in [0.4, 0.5) is 5.69 Å². The van der Waals surface area contributed by atoms with Gasteiger partial charge in [-0.2, -0.15) is 0 Å². The number of anilines is 1. The molecule has 2 N–H and O–H groups in total. The third kappa shape index (κ3) is 4.21. The number of carbonyl (C=O) groups is 2. The Bertz CT molecular complexity index is 616. The number of benzene rings is 1. The van der Waals surface area contributed by atoms with Gasteiger partial charge in [0.05, 0.1) is 17.9 Å². The first-order valence-electron chi connectivity index (χ1n) is 9.45. The van der Waals surface area contributed by atoms with Gasteiger partial charge in [-0.1, -0.05) is 32.0 Å². The van der Waals surface area contributed by atoms with Gasteiger partial charge in [-0.25, -0.2) is 0 Å². The van der Waals surface area contributed by atoms with Crippen molar-refractivity contribution in [2.24, 2.45) is 11.8 Å². The van der Waals surface area contributed by atoms with E-state index in [2.05, 4.69) is 24.5 Å². The largest absolute Gasteiger partial charge is 0.376 e. The van der Waals surface area contributed by atoms with Crippen LogP contribution in [0.5, 0.6) is 0 Å². The van der Waals surface area contributed by atoms with E-state index >= 15 is 0 Å². The van der Waals surface area contributed by atoms with Gasteiger partial charge in [-0.05, 0) is 43.2 Å². The van der Waals surface area contributed by atoms with Crippen molar-refractivity contribution in [3.05, 3.63) is 29.3 Å². The summed E-state index contributed by atoms with van der Waals surface area (Å²) in [5.74, 6) is -0.456. The van der Waals surface area contributed by atoms with E-state index in [-0.39, 0.29) is 29.8 Å². The van der Waals surface area contributed by atoms with E-state index < -0.39 is 0 Å². The van der Waals surface area contributed by atoms with Gasteiger partial charge >= 0.3 is 0 Å². The summed E-state index contributed by atoms with van der Waals surface area (Å²) in [4.78, 5) is 24.8. The molecule has 0 bridgehead atoms. The maximum Gasteiger partial charge on any atom is 0.228 e. The number of amides is 2. The molecular formula is C20H28N2O3. The first-order valence-corrected chi connectivity index (χ1v) is 9.45. The highest BCUT2D eigenvalue weighted by Crippen LogP contribution is 2.40. The van der Waals surface area contributed by atoms with Gasteiger partial charge in [0.25, 0.3) is 0 Å². The van der Waals surface area contributed by atoms with E-state index in [1.54, 1.807) is 0 Å². The zero-order valence-electron chi connectivity index (χ0n) is 15.1. The molecule has 2 aliphatic rings. The molecule has 0 spiro atoms. The third-order valence-corrected chi connectivity index (χ3v) is 5.24. The number of carbonyl (C=O) groups excluding carboxylic acids is 2. The molecule has 5 nitrogen and oxygen atoms in total. The van der Waals surface area contributed by atoms with E-state index in [1.165, 1.54) is 0 Å². The molecule has 2 fully saturated rings. The number of hydrogen-bond donors (Lipinski definition) is 2. The summed E-state index contributed by atoms with van der Waals surface area (Å²) in [6.45, 7) is 5.51. The van der Waals surface area contributed by atoms with Gasteiger partial charge in [0.1, 0.15) is 0 Å². The Morgan fingerprint density at radius 2 is 1.80 bits per heavy atom. The summed E-state index contributed by atoms with van der Waals surface area (Å²) in [6.07, 6.45) is 4.59.